The van der Waals surface area contributed by atoms with Crippen molar-refractivity contribution < 1.29 is 14.7 Å². The van der Waals surface area contributed by atoms with Crippen LogP contribution in [0.15, 0.2) is 18.2 Å². The van der Waals surface area contributed by atoms with Crippen molar-refractivity contribution in [3.8, 4) is 0 Å². The van der Waals surface area contributed by atoms with E-state index in [2.05, 4.69) is 12.1 Å². The van der Waals surface area contributed by atoms with E-state index in [9.17, 15) is 9.59 Å². The van der Waals surface area contributed by atoms with Crippen LogP contribution in [0.4, 0.5) is 0 Å². The van der Waals surface area contributed by atoms with Crippen LogP contribution in [0.3, 0.4) is 0 Å². The van der Waals surface area contributed by atoms with Gasteiger partial charge in [0.1, 0.15) is 0 Å². The third kappa shape index (κ3) is 2.84. The van der Waals surface area contributed by atoms with Crippen LogP contribution in [0.1, 0.15) is 34.1 Å². The molecule has 0 radical (unpaired) electrons. The monoisotopic (exact) mass is 276 g/mol. The van der Waals surface area contributed by atoms with Gasteiger partial charge in [-0.05, 0) is 42.5 Å². The number of aryl methyl sites for hydroxylation is 2. The molecule has 0 bridgehead atoms. The van der Waals surface area contributed by atoms with Gasteiger partial charge in [-0.2, -0.15) is 0 Å². The highest BCUT2D eigenvalue weighted by atomic mass is 32.1. The predicted octanol–water partition coefficient (Wildman–Crippen LogP) is 3.81. The molecule has 0 spiro atoms. The molecular weight excluding hydrogens is 260 g/mol. The van der Waals surface area contributed by atoms with Gasteiger partial charge in [-0.1, -0.05) is 13.0 Å². The van der Waals surface area contributed by atoms with Crippen LogP contribution in [0.2, 0.25) is 0 Å². The van der Waals surface area contributed by atoms with Gasteiger partial charge in [0.05, 0.1) is 10.8 Å². The Bertz CT molecular complexity index is 616. The van der Waals surface area contributed by atoms with Crippen LogP contribution in [-0.2, 0) is 4.79 Å². The number of hydrogen-bond donors (Lipinski definition) is 1. The van der Waals surface area contributed by atoms with Gasteiger partial charge in [0.2, 0.25) is 0 Å². The first-order valence-corrected chi connectivity index (χ1v) is 6.97. The van der Waals surface area contributed by atoms with Crippen molar-refractivity contribution >= 4 is 33.2 Å². The molecule has 1 unspecified atom stereocenters. The fourth-order valence-electron chi connectivity index (χ4n) is 1.91. The number of thiophene rings is 1. The van der Waals surface area contributed by atoms with Crippen molar-refractivity contribution in [1.82, 2.24) is 0 Å². The number of hydrogen-bond acceptors (Lipinski definition) is 3. The quantitative estimate of drug-likeness (QED) is 0.864. The third-order valence-electron chi connectivity index (χ3n) is 3.32. The normalized spacial score (nSPS) is 12.6. The SMILES string of the molecule is Cc1cc2cc(C(=O)CC(C)C(=O)O)sc2cc1C. The van der Waals surface area contributed by atoms with Crippen LogP contribution in [0.5, 0.6) is 0 Å². The highest BCUT2D eigenvalue weighted by Gasteiger charge is 2.18. The van der Waals surface area contributed by atoms with Gasteiger partial charge < -0.3 is 5.11 Å². The molecule has 1 aromatic heterocycles. The van der Waals surface area contributed by atoms with Gasteiger partial charge in [-0.3, -0.25) is 9.59 Å². The van der Waals surface area contributed by atoms with Crippen molar-refractivity contribution in [2.24, 2.45) is 5.92 Å². The second-order valence-electron chi connectivity index (χ2n) is 4.95. The Balaban J connectivity index is 2.31. The summed E-state index contributed by atoms with van der Waals surface area (Å²) < 4.78 is 1.08. The smallest absolute Gasteiger partial charge is 0.306 e. The summed E-state index contributed by atoms with van der Waals surface area (Å²) >= 11 is 1.44. The predicted molar refractivity (Wildman–Crippen MR) is 77.0 cm³/mol. The first-order valence-electron chi connectivity index (χ1n) is 6.15. The maximum absolute atomic E-state index is 12.0. The Morgan fingerprint density at radius 1 is 1.21 bits per heavy atom. The molecule has 0 fully saturated rings. The summed E-state index contributed by atoms with van der Waals surface area (Å²) in [5, 5.41) is 9.90. The van der Waals surface area contributed by atoms with Crippen molar-refractivity contribution in [3.63, 3.8) is 0 Å². The Kier molecular flexibility index (Phi) is 3.71. The molecule has 0 aliphatic heterocycles. The van der Waals surface area contributed by atoms with Crippen LogP contribution in [-0.4, -0.2) is 16.9 Å². The molecule has 2 aromatic rings. The zero-order valence-electron chi connectivity index (χ0n) is 11.2. The van der Waals surface area contributed by atoms with Gasteiger partial charge in [0.15, 0.2) is 5.78 Å². The summed E-state index contributed by atoms with van der Waals surface area (Å²) in [5.41, 5.74) is 2.40. The van der Waals surface area contributed by atoms with Gasteiger partial charge in [0.25, 0.3) is 0 Å². The lowest BCUT2D eigenvalue weighted by Gasteiger charge is -2.02. The fourth-order valence-corrected chi connectivity index (χ4v) is 3.00. The van der Waals surface area contributed by atoms with Crippen molar-refractivity contribution in [2.45, 2.75) is 27.2 Å². The minimum Gasteiger partial charge on any atom is -0.481 e. The minimum atomic E-state index is -0.929. The summed E-state index contributed by atoms with van der Waals surface area (Å²) in [4.78, 5) is 23.5. The van der Waals surface area contributed by atoms with Crippen molar-refractivity contribution in [2.75, 3.05) is 0 Å². The van der Waals surface area contributed by atoms with E-state index < -0.39 is 11.9 Å². The maximum atomic E-state index is 12.0. The fraction of sp³-hybridized carbons (Fsp3) is 0.333. The molecule has 1 heterocycles. The summed E-state index contributed by atoms with van der Waals surface area (Å²) in [6, 6.07) is 6.01. The molecule has 4 heteroatoms. The van der Waals surface area contributed by atoms with E-state index in [1.54, 1.807) is 6.92 Å². The summed E-state index contributed by atoms with van der Waals surface area (Å²) in [6.07, 6.45) is 0.0557. The zero-order chi connectivity index (χ0) is 14.2. The zero-order valence-corrected chi connectivity index (χ0v) is 12.0. The molecule has 1 aromatic carbocycles. The minimum absolute atomic E-state index is 0.0557. The second-order valence-corrected chi connectivity index (χ2v) is 6.04. The molecule has 1 N–H and O–H groups in total. The first-order chi connectivity index (χ1) is 8.88. The molecule has 1 atom stereocenters. The summed E-state index contributed by atoms with van der Waals surface area (Å²) in [5.74, 6) is -1.66. The average molecular weight is 276 g/mol. The lowest BCUT2D eigenvalue weighted by molar-refractivity contribution is -0.141. The van der Waals surface area contributed by atoms with Crippen LogP contribution < -0.4 is 0 Å². The van der Waals surface area contributed by atoms with E-state index in [0.29, 0.717) is 4.88 Å². The molecule has 0 aliphatic rings. The van der Waals surface area contributed by atoms with Gasteiger partial charge >= 0.3 is 5.97 Å². The van der Waals surface area contributed by atoms with E-state index in [1.807, 2.05) is 19.9 Å². The number of carbonyl (C=O) groups is 2. The molecule has 2 rings (SSSR count). The number of fused-ring (bicyclic) bond motifs is 1. The number of Topliss-reactive ketones (excluding diaryl/α,β-unsaturated/α-hetero) is 1. The second kappa shape index (κ2) is 5.13. The Labute approximate surface area is 115 Å². The lowest BCUT2D eigenvalue weighted by atomic mass is 10.0. The molecule has 0 saturated heterocycles. The number of aliphatic carboxylic acids is 1. The number of ketones is 1. The molecule has 3 nitrogen and oxygen atoms in total. The number of carboxylic acids is 1. The topological polar surface area (TPSA) is 54.4 Å². The molecule has 0 amide bonds. The molecular formula is C15H16O3S. The average Bonchev–Trinajstić information content (AvgIpc) is 2.72. The largest absolute Gasteiger partial charge is 0.481 e. The Hall–Kier alpha value is -1.68. The number of benzene rings is 1. The van der Waals surface area contributed by atoms with E-state index in [1.165, 1.54) is 22.5 Å². The number of carbonyl (C=O) groups excluding carboxylic acids is 1. The number of rotatable bonds is 4. The highest BCUT2D eigenvalue weighted by Crippen LogP contribution is 2.29. The Morgan fingerprint density at radius 2 is 1.84 bits per heavy atom. The van der Waals surface area contributed by atoms with Gasteiger partial charge in [0, 0.05) is 11.1 Å². The summed E-state index contributed by atoms with van der Waals surface area (Å²) in [7, 11) is 0. The lowest BCUT2D eigenvalue weighted by Crippen LogP contribution is -2.13. The molecule has 19 heavy (non-hydrogen) atoms. The standard InChI is InChI=1S/C15H16O3S/c1-8-4-11-7-14(19-13(11)6-9(8)2)12(16)5-10(3)15(17)18/h4,6-7,10H,5H2,1-3H3,(H,17,18). The van der Waals surface area contributed by atoms with E-state index in [4.69, 9.17) is 5.11 Å². The molecule has 0 saturated carbocycles. The van der Waals surface area contributed by atoms with Crippen molar-refractivity contribution in [1.29, 1.82) is 0 Å². The molecule has 0 aliphatic carbocycles. The molecule has 100 valence electrons. The highest BCUT2D eigenvalue weighted by molar-refractivity contribution is 7.20. The van der Waals surface area contributed by atoms with Gasteiger partial charge in [-0.15, -0.1) is 11.3 Å². The van der Waals surface area contributed by atoms with E-state index >= 15 is 0 Å². The van der Waals surface area contributed by atoms with Gasteiger partial charge in [-0.25, -0.2) is 0 Å². The van der Waals surface area contributed by atoms with Crippen molar-refractivity contribution in [3.05, 3.63) is 34.2 Å². The Morgan fingerprint density at radius 3 is 2.47 bits per heavy atom. The number of carboxylic acid groups (broad SMARTS) is 1. The first kappa shape index (κ1) is 13.7. The summed E-state index contributed by atoms with van der Waals surface area (Å²) in [6.45, 7) is 5.64. The van der Waals surface area contributed by atoms with Crippen LogP contribution in [0, 0.1) is 19.8 Å². The van der Waals surface area contributed by atoms with E-state index in [-0.39, 0.29) is 12.2 Å². The maximum Gasteiger partial charge on any atom is 0.306 e. The van der Waals surface area contributed by atoms with Crippen LogP contribution >= 0.6 is 11.3 Å². The third-order valence-corrected chi connectivity index (χ3v) is 4.46. The van der Waals surface area contributed by atoms with Crippen LogP contribution in [0.25, 0.3) is 10.1 Å². The van der Waals surface area contributed by atoms with E-state index in [0.717, 1.165) is 10.1 Å².